The van der Waals surface area contributed by atoms with Crippen LogP contribution in [0.4, 0.5) is 5.69 Å². The summed E-state index contributed by atoms with van der Waals surface area (Å²) in [6, 6.07) is 5.76. The normalized spacial score (nSPS) is 11.2. The van der Waals surface area contributed by atoms with Crippen LogP contribution in [0.25, 0.3) is 0 Å². The number of nitro benzene ring substituents is 1. The van der Waals surface area contributed by atoms with Crippen molar-refractivity contribution < 1.29 is 18.5 Å². The Morgan fingerprint density at radius 2 is 1.94 bits per heavy atom. The molecule has 0 saturated carbocycles. The molecule has 1 aromatic carbocycles. The van der Waals surface area contributed by atoms with Crippen LogP contribution in [0, 0.1) is 10.1 Å². The molecule has 100 valence electrons. The fraction of sp³-hybridized carbons (Fsp3) is 0.400. The van der Waals surface area contributed by atoms with Gasteiger partial charge >= 0.3 is 6.72 Å². The predicted molar refractivity (Wildman–Crippen MR) is 71.3 cm³/mol. The fourth-order valence-corrected chi connectivity index (χ4v) is 3.26. The van der Waals surface area contributed by atoms with E-state index in [-0.39, 0.29) is 11.4 Å². The van der Waals surface area contributed by atoms with Crippen molar-refractivity contribution in [2.45, 2.75) is 13.8 Å². The average molecular weight is 291 g/mol. The zero-order valence-corrected chi connectivity index (χ0v) is 11.8. The first-order chi connectivity index (χ1) is 8.50. The van der Waals surface area contributed by atoms with E-state index in [9.17, 15) is 10.1 Å². The SMILES string of the molecule is CCOP(=S)(OCC)Oc1cccc([N+](=O)[O-])c1. The lowest BCUT2D eigenvalue weighted by atomic mass is 10.3. The van der Waals surface area contributed by atoms with Crippen LogP contribution in [0.2, 0.25) is 0 Å². The third kappa shape index (κ3) is 4.34. The Hall–Kier alpha value is -1.01. The molecule has 8 heteroatoms. The first-order valence-electron chi connectivity index (χ1n) is 5.34. The van der Waals surface area contributed by atoms with Gasteiger partial charge in [-0.05, 0) is 19.9 Å². The molecule has 0 aromatic heterocycles. The molecule has 0 amide bonds. The zero-order valence-electron chi connectivity index (χ0n) is 10.1. The maximum absolute atomic E-state index is 10.6. The number of nitro groups is 1. The minimum absolute atomic E-state index is 0.0675. The second-order valence-corrected chi connectivity index (χ2v) is 6.06. The summed E-state index contributed by atoms with van der Waals surface area (Å²) in [6.45, 7) is 1.38. The van der Waals surface area contributed by atoms with E-state index in [0.29, 0.717) is 13.2 Å². The van der Waals surface area contributed by atoms with Gasteiger partial charge in [0.2, 0.25) is 0 Å². The van der Waals surface area contributed by atoms with Gasteiger partial charge in [0.25, 0.3) is 5.69 Å². The average Bonchev–Trinajstić information content (AvgIpc) is 2.29. The molecule has 6 nitrogen and oxygen atoms in total. The topological polar surface area (TPSA) is 70.8 Å². The summed E-state index contributed by atoms with van der Waals surface area (Å²) in [5, 5.41) is 10.6. The van der Waals surface area contributed by atoms with Crippen molar-refractivity contribution >= 4 is 24.2 Å². The third-order valence-corrected chi connectivity index (χ3v) is 4.26. The van der Waals surface area contributed by atoms with Gasteiger partial charge in [0.05, 0.1) is 24.2 Å². The van der Waals surface area contributed by atoms with E-state index in [2.05, 4.69) is 0 Å². The molecule has 18 heavy (non-hydrogen) atoms. The van der Waals surface area contributed by atoms with Crippen molar-refractivity contribution in [3.8, 4) is 5.75 Å². The van der Waals surface area contributed by atoms with Gasteiger partial charge in [-0.25, -0.2) is 0 Å². The van der Waals surface area contributed by atoms with Gasteiger partial charge in [-0.3, -0.25) is 19.2 Å². The summed E-state index contributed by atoms with van der Waals surface area (Å²) in [4.78, 5) is 10.1. The Morgan fingerprint density at radius 1 is 1.33 bits per heavy atom. The highest BCUT2D eigenvalue weighted by Crippen LogP contribution is 2.49. The van der Waals surface area contributed by atoms with Gasteiger partial charge in [0.15, 0.2) is 0 Å². The highest BCUT2D eigenvalue weighted by molar-refractivity contribution is 8.07. The van der Waals surface area contributed by atoms with Gasteiger partial charge in [0.1, 0.15) is 5.75 Å². The van der Waals surface area contributed by atoms with Crippen molar-refractivity contribution in [1.29, 1.82) is 0 Å². The molecule has 0 spiro atoms. The predicted octanol–water partition coefficient (Wildman–Crippen LogP) is 3.27. The zero-order chi connectivity index (χ0) is 13.6. The van der Waals surface area contributed by atoms with Gasteiger partial charge in [-0.1, -0.05) is 6.07 Å². The van der Waals surface area contributed by atoms with E-state index in [0.717, 1.165) is 0 Å². The summed E-state index contributed by atoms with van der Waals surface area (Å²) < 4.78 is 16.0. The van der Waals surface area contributed by atoms with Crippen LogP contribution in [0.1, 0.15) is 13.8 Å². The van der Waals surface area contributed by atoms with Crippen molar-refractivity contribution in [2.75, 3.05) is 13.2 Å². The van der Waals surface area contributed by atoms with Crippen LogP contribution in [0.15, 0.2) is 24.3 Å². The quantitative estimate of drug-likeness (QED) is 0.436. The van der Waals surface area contributed by atoms with Crippen LogP contribution in [-0.4, -0.2) is 18.1 Å². The minimum Gasteiger partial charge on any atom is -0.424 e. The Kier molecular flexibility index (Phi) is 5.68. The lowest BCUT2D eigenvalue weighted by Crippen LogP contribution is -2.02. The summed E-state index contributed by atoms with van der Waals surface area (Å²) in [7, 11) is 0. The van der Waals surface area contributed by atoms with E-state index in [1.165, 1.54) is 18.2 Å². The highest BCUT2D eigenvalue weighted by atomic mass is 32.5. The molecule has 0 radical (unpaired) electrons. The molecule has 0 saturated heterocycles. The second-order valence-electron chi connectivity index (χ2n) is 3.13. The Labute approximate surface area is 110 Å². The summed E-state index contributed by atoms with van der Waals surface area (Å²) >= 11 is 5.17. The Morgan fingerprint density at radius 3 is 2.44 bits per heavy atom. The van der Waals surface area contributed by atoms with Crippen molar-refractivity contribution in [3.63, 3.8) is 0 Å². The molecule has 0 fully saturated rings. The number of hydrogen-bond donors (Lipinski definition) is 0. The number of non-ortho nitro benzene ring substituents is 1. The molecule has 1 aromatic rings. The second kappa shape index (κ2) is 6.80. The number of nitrogens with zero attached hydrogens (tertiary/aromatic N) is 1. The van der Waals surface area contributed by atoms with Crippen molar-refractivity contribution in [1.82, 2.24) is 0 Å². The van der Waals surface area contributed by atoms with Crippen LogP contribution >= 0.6 is 6.72 Å². The van der Waals surface area contributed by atoms with Crippen molar-refractivity contribution in [3.05, 3.63) is 34.4 Å². The molecule has 0 heterocycles. The third-order valence-electron chi connectivity index (χ3n) is 1.82. The highest BCUT2D eigenvalue weighted by Gasteiger charge is 2.22. The van der Waals surface area contributed by atoms with Crippen LogP contribution in [0.3, 0.4) is 0 Å². The monoisotopic (exact) mass is 291 g/mol. The number of rotatable bonds is 7. The van der Waals surface area contributed by atoms with Gasteiger partial charge < -0.3 is 4.52 Å². The van der Waals surface area contributed by atoms with E-state index in [1.807, 2.05) is 0 Å². The first kappa shape index (κ1) is 15.0. The fourth-order valence-electron chi connectivity index (χ4n) is 1.19. The molecule has 0 aliphatic carbocycles. The van der Waals surface area contributed by atoms with E-state index in [1.54, 1.807) is 19.9 Å². The molecule has 1 rings (SSSR count). The smallest absolute Gasteiger partial charge is 0.380 e. The maximum Gasteiger partial charge on any atom is 0.380 e. The van der Waals surface area contributed by atoms with E-state index >= 15 is 0 Å². The van der Waals surface area contributed by atoms with Crippen LogP contribution < -0.4 is 4.52 Å². The Balaban J connectivity index is 2.90. The van der Waals surface area contributed by atoms with Crippen LogP contribution in [0.5, 0.6) is 5.75 Å². The summed E-state index contributed by atoms with van der Waals surface area (Å²) in [5.41, 5.74) is -0.0675. The van der Waals surface area contributed by atoms with Gasteiger partial charge in [-0.15, -0.1) is 0 Å². The standard InChI is InChI=1S/C10H14NO5PS/c1-3-14-17(18,15-4-2)16-10-7-5-6-9(8-10)11(12)13/h5-8H,3-4H2,1-2H3. The van der Waals surface area contributed by atoms with Gasteiger partial charge in [-0.2, -0.15) is 0 Å². The molecular weight excluding hydrogens is 277 g/mol. The summed E-state index contributed by atoms with van der Waals surface area (Å²) in [6.07, 6.45) is 0. The molecule has 0 aliphatic rings. The van der Waals surface area contributed by atoms with E-state index in [4.69, 9.17) is 25.4 Å². The van der Waals surface area contributed by atoms with Crippen molar-refractivity contribution in [2.24, 2.45) is 0 Å². The first-order valence-corrected chi connectivity index (χ1v) is 7.89. The molecule has 0 N–H and O–H groups in total. The minimum atomic E-state index is -2.88. The molecule has 0 bridgehead atoms. The molecule has 0 atom stereocenters. The summed E-state index contributed by atoms with van der Waals surface area (Å²) in [5.74, 6) is 0.273. The largest absolute Gasteiger partial charge is 0.424 e. The molecular formula is C10H14NO5PS. The number of benzene rings is 1. The lowest BCUT2D eigenvalue weighted by molar-refractivity contribution is -0.384. The van der Waals surface area contributed by atoms with E-state index < -0.39 is 11.6 Å². The van der Waals surface area contributed by atoms with Crippen LogP contribution in [-0.2, 0) is 20.9 Å². The molecule has 0 aliphatic heterocycles. The maximum atomic E-state index is 10.6. The molecule has 0 unspecified atom stereocenters. The lowest BCUT2D eigenvalue weighted by Gasteiger charge is -2.20. The van der Waals surface area contributed by atoms with Gasteiger partial charge in [0, 0.05) is 17.9 Å². The number of hydrogen-bond acceptors (Lipinski definition) is 6. The Bertz CT molecular complexity index is 457.